The van der Waals surface area contributed by atoms with Crippen molar-refractivity contribution in [2.45, 2.75) is 44.3 Å². The lowest BCUT2D eigenvalue weighted by Crippen LogP contribution is -2.35. The normalized spacial score (nSPS) is 14.8. The van der Waals surface area contributed by atoms with E-state index in [4.69, 9.17) is 6.57 Å². The smallest absolute Gasteiger partial charge is 0.307 e. The number of fused-ring (bicyclic) bond motifs is 2. The Morgan fingerprint density at radius 2 is 1.61 bits per heavy atom. The van der Waals surface area contributed by atoms with Crippen LogP contribution in [0.4, 0.5) is 16.2 Å². The number of carbonyl (C=O) groups is 1. The number of hydrogen-bond donors (Lipinski definition) is 2. The summed E-state index contributed by atoms with van der Waals surface area (Å²) in [5.41, 5.74) is 6.65. The highest BCUT2D eigenvalue weighted by atomic mass is 32.2. The first-order chi connectivity index (χ1) is 13.4. The largest absolute Gasteiger partial charge is 0.332 e. The molecule has 0 atom stereocenters. The third kappa shape index (κ3) is 3.73. The van der Waals surface area contributed by atoms with E-state index >= 15 is 0 Å². The SMILES string of the molecule is [C-]#[N+]c1ccc(CS(=O)(=O)NC(=O)Nc2c3c(cc4c2CCC4)CCC3)cc1. The highest BCUT2D eigenvalue weighted by molar-refractivity contribution is 7.89. The van der Waals surface area contributed by atoms with Crippen LogP contribution < -0.4 is 10.0 Å². The molecule has 2 aromatic carbocycles. The molecule has 4 rings (SSSR count). The summed E-state index contributed by atoms with van der Waals surface area (Å²) in [4.78, 5) is 15.8. The molecule has 0 radical (unpaired) electrons. The Bertz CT molecular complexity index is 1050. The van der Waals surface area contributed by atoms with Crippen LogP contribution in [0.2, 0.25) is 0 Å². The Morgan fingerprint density at radius 3 is 2.18 bits per heavy atom. The molecule has 6 nitrogen and oxygen atoms in total. The van der Waals surface area contributed by atoms with Gasteiger partial charge in [0, 0.05) is 5.69 Å². The molecule has 2 aromatic rings. The molecular formula is C21H21N3O3S. The topological polar surface area (TPSA) is 79.6 Å². The second-order valence-corrected chi connectivity index (χ2v) is 9.05. The van der Waals surface area contributed by atoms with Gasteiger partial charge in [-0.1, -0.05) is 30.3 Å². The first-order valence-corrected chi connectivity index (χ1v) is 11.0. The fraction of sp³-hybridized carbons (Fsp3) is 0.333. The van der Waals surface area contributed by atoms with Gasteiger partial charge in [-0.05, 0) is 66.3 Å². The lowest BCUT2D eigenvalue weighted by molar-refractivity contribution is 0.256. The highest BCUT2D eigenvalue weighted by Gasteiger charge is 2.26. The van der Waals surface area contributed by atoms with Crippen molar-refractivity contribution in [1.82, 2.24) is 4.72 Å². The van der Waals surface area contributed by atoms with Crippen molar-refractivity contribution in [2.24, 2.45) is 0 Å². The van der Waals surface area contributed by atoms with Crippen LogP contribution in [0.15, 0.2) is 30.3 Å². The van der Waals surface area contributed by atoms with Crippen LogP contribution in [0.3, 0.4) is 0 Å². The maximum atomic E-state index is 12.5. The predicted molar refractivity (Wildman–Crippen MR) is 108 cm³/mol. The van der Waals surface area contributed by atoms with Crippen molar-refractivity contribution in [3.63, 3.8) is 0 Å². The quantitative estimate of drug-likeness (QED) is 0.772. The van der Waals surface area contributed by atoms with Gasteiger partial charge in [-0.3, -0.25) is 0 Å². The number of rotatable bonds is 4. The summed E-state index contributed by atoms with van der Waals surface area (Å²) in [5.74, 6) is -0.316. The van der Waals surface area contributed by atoms with E-state index in [1.54, 1.807) is 24.3 Å². The van der Waals surface area contributed by atoms with Crippen molar-refractivity contribution in [3.05, 3.63) is 69.6 Å². The van der Waals surface area contributed by atoms with Gasteiger partial charge in [-0.25, -0.2) is 22.8 Å². The third-order valence-electron chi connectivity index (χ3n) is 5.38. The molecule has 0 fully saturated rings. The van der Waals surface area contributed by atoms with E-state index in [-0.39, 0.29) is 5.75 Å². The zero-order valence-corrected chi connectivity index (χ0v) is 16.2. The van der Waals surface area contributed by atoms with Gasteiger partial charge in [0.1, 0.15) is 0 Å². The van der Waals surface area contributed by atoms with E-state index in [1.807, 2.05) is 0 Å². The van der Waals surface area contributed by atoms with E-state index in [0.29, 0.717) is 11.3 Å². The standard InChI is InChI=1S/C21H21N3O3S/c1-22-17-10-8-14(9-11-17)13-28(26,27)24-21(25)23-20-18-6-2-4-15(18)12-16-5-3-7-19(16)20/h8-12H,2-7,13H2,(H2,23,24,25). The van der Waals surface area contributed by atoms with Crippen LogP contribution in [-0.4, -0.2) is 14.4 Å². The van der Waals surface area contributed by atoms with Crippen molar-refractivity contribution in [1.29, 1.82) is 0 Å². The number of aryl methyl sites for hydroxylation is 2. The molecule has 2 aliphatic carbocycles. The molecule has 0 saturated carbocycles. The molecule has 144 valence electrons. The average molecular weight is 395 g/mol. The molecule has 0 heterocycles. The Labute approximate surface area is 164 Å². The number of urea groups is 1. The molecule has 2 aliphatic rings. The summed E-state index contributed by atoms with van der Waals surface area (Å²) in [6.45, 7) is 6.94. The minimum Gasteiger partial charge on any atom is -0.307 e. The molecule has 28 heavy (non-hydrogen) atoms. The van der Waals surface area contributed by atoms with Gasteiger partial charge in [0.05, 0.1) is 12.3 Å². The zero-order valence-electron chi connectivity index (χ0n) is 15.4. The molecule has 0 unspecified atom stereocenters. The summed E-state index contributed by atoms with van der Waals surface area (Å²) in [6.07, 6.45) is 5.98. The van der Waals surface area contributed by atoms with Crippen LogP contribution in [0.1, 0.15) is 40.7 Å². The maximum absolute atomic E-state index is 12.5. The van der Waals surface area contributed by atoms with Crippen LogP contribution in [0, 0.1) is 6.57 Å². The van der Waals surface area contributed by atoms with Crippen molar-refractivity contribution < 1.29 is 13.2 Å². The summed E-state index contributed by atoms with van der Waals surface area (Å²) >= 11 is 0. The van der Waals surface area contributed by atoms with Crippen LogP contribution in [0.25, 0.3) is 4.85 Å². The molecule has 0 aliphatic heterocycles. The number of sulfonamides is 1. The number of nitrogens with zero attached hydrogens (tertiary/aromatic N) is 1. The van der Waals surface area contributed by atoms with Crippen LogP contribution in [0.5, 0.6) is 0 Å². The Balaban J connectivity index is 1.49. The fourth-order valence-electron chi connectivity index (χ4n) is 4.17. The Hall–Kier alpha value is -2.85. The number of nitrogens with one attached hydrogen (secondary N) is 2. The van der Waals surface area contributed by atoms with Gasteiger partial charge in [0.25, 0.3) is 0 Å². The first-order valence-electron chi connectivity index (χ1n) is 9.39. The lowest BCUT2D eigenvalue weighted by Gasteiger charge is -2.16. The summed E-state index contributed by atoms with van der Waals surface area (Å²) < 4.78 is 26.9. The fourth-order valence-corrected chi connectivity index (χ4v) is 5.21. The molecule has 7 heteroatoms. The maximum Gasteiger partial charge on any atom is 0.332 e. The Kier molecular flexibility index (Phi) is 4.82. The second kappa shape index (κ2) is 7.28. The van der Waals surface area contributed by atoms with Crippen molar-refractivity contribution in [3.8, 4) is 0 Å². The number of carbonyl (C=O) groups excluding carboxylic acids is 1. The van der Waals surface area contributed by atoms with Crippen LogP contribution in [-0.2, 0) is 41.5 Å². The molecule has 0 bridgehead atoms. The van der Waals surface area contributed by atoms with Crippen molar-refractivity contribution in [2.75, 3.05) is 5.32 Å². The van der Waals surface area contributed by atoms with Gasteiger partial charge < -0.3 is 5.32 Å². The molecule has 0 spiro atoms. The van der Waals surface area contributed by atoms with Gasteiger partial charge in [-0.15, -0.1) is 0 Å². The van der Waals surface area contributed by atoms with E-state index in [9.17, 15) is 13.2 Å². The molecule has 0 saturated heterocycles. The van der Waals surface area contributed by atoms with E-state index in [2.05, 4.69) is 21.0 Å². The van der Waals surface area contributed by atoms with Gasteiger partial charge >= 0.3 is 6.03 Å². The average Bonchev–Trinajstić information content (AvgIpc) is 3.30. The van der Waals surface area contributed by atoms with Gasteiger partial charge in [0.2, 0.25) is 10.0 Å². The van der Waals surface area contributed by atoms with Crippen LogP contribution >= 0.6 is 0 Å². The third-order valence-corrected chi connectivity index (χ3v) is 6.59. The molecular weight excluding hydrogens is 374 g/mol. The number of hydrogen-bond acceptors (Lipinski definition) is 3. The minimum absolute atomic E-state index is 0.316. The number of amides is 2. The van der Waals surface area contributed by atoms with E-state index in [0.717, 1.165) is 55.3 Å². The van der Waals surface area contributed by atoms with E-state index < -0.39 is 16.1 Å². The summed E-state index contributed by atoms with van der Waals surface area (Å²) in [5, 5.41) is 2.83. The Morgan fingerprint density at radius 1 is 1.00 bits per heavy atom. The number of anilines is 1. The predicted octanol–water partition coefficient (Wildman–Crippen LogP) is 3.87. The number of benzene rings is 2. The highest BCUT2D eigenvalue weighted by Crippen LogP contribution is 2.38. The lowest BCUT2D eigenvalue weighted by atomic mass is 9.99. The minimum atomic E-state index is -3.84. The second-order valence-electron chi connectivity index (χ2n) is 7.33. The summed E-state index contributed by atoms with van der Waals surface area (Å²) in [7, 11) is -3.84. The van der Waals surface area contributed by atoms with E-state index in [1.165, 1.54) is 11.1 Å². The summed E-state index contributed by atoms with van der Waals surface area (Å²) in [6, 6.07) is 7.84. The molecule has 2 N–H and O–H groups in total. The molecule has 0 aromatic heterocycles. The van der Waals surface area contributed by atoms with Crippen molar-refractivity contribution >= 4 is 27.4 Å². The van der Waals surface area contributed by atoms with Gasteiger partial charge in [-0.2, -0.15) is 0 Å². The van der Waals surface area contributed by atoms with Gasteiger partial charge in [0.15, 0.2) is 5.69 Å². The molecule has 2 amide bonds. The first kappa shape index (κ1) is 18.5. The zero-order chi connectivity index (χ0) is 19.7. The monoisotopic (exact) mass is 395 g/mol.